The third-order valence-corrected chi connectivity index (χ3v) is 5.04. The lowest BCUT2D eigenvalue weighted by molar-refractivity contribution is -0.125. The molecular weight excluding hydrogens is 354 g/mol. The van der Waals surface area contributed by atoms with E-state index in [4.69, 9.17) is 21.1 Å². The van der Waals surface area contributed by atoms with Crippen molar-refractivity contribution in [3.63, 3.8) is 0 Å². The second-order valence-corrected chi connectivity index (χ2v) is 6.71. The monoisotopic (exact) mass is 375 g/mol. The quantitative estimate of drug-likeness (QED) is 0.819. The number of halogens is 2. The number of hydrogen-bond donors (Lipinski definition) is 1. The Morgan fingerprint density at radius 2 is 2.14 bits per heavy atom. The average Bonchev–Trinajstić information content (AvgIpc) is 2.47. The smallest absolute Gasteiger partial charge is 0.0881 e. The van der Waals surface area contributed by atoms with Crippen molar-refractivity contribution in [2.45, 2.75) is 37.8 Å². The van der Waals surface area contributed by atoms with E-state index < -0.39 is 0 Å². The first kappa shape index (κ1) is 17.2. The van der Waals surface area contributed by atoms with Gasteiger partial charge in [0.15, 0.2) is 0 Å². The molecular formula is C16H23BrClNO2. The number of ether oxygens (including phenoxy) is 2. The second-order valence-electron chi connectivity index (χ2n) is 5.39. The minimum absolute atomic E-state index is 0.168. The Labute approximate surface area is 140 Å². The van der Waals surface area contributed by atoms with E-state index in [1.165, 1.54) is 0 Å². The molecule has 1 saturated heterocycles. The number of benzene rings is 1. The Hall–Kier alpha value is -0.130. The minimum atomic E-state index is -0.168. The van der Waals surface area contributed by atoms with Crippen molar-refractivity contribution in [2.75, 3.05) is 26.9 Å². The standard InChI is InChI=1S/C16H23BrClNO2/c1-3-21-16(6-8-20-9-7-16)15(19-2)10-12-4-5-13(17)11-14(12)18/h4-5,11,15,19H,3,6-10H2,1-2H3. The maximum atomic E-state index is 6.37. The van der Waals surface area contributed by atoms with E-state index in [-0.39, 0.29) is 11.6 Å². The number of hydrogen-bond acceptors (Lipinski definition) is 3. The highest BCUT2D eigenvalue weighted by Gasteiger charge is 2.40. The molecule has 118 valence electrons. The molecule has 3 nitrogen and oxygen atoms in total. The maximum Gasteiger partial charge on any atom is 0.0881 e. The molecule has 1 aliphatic heterocycles. The van der Waals surface area contributed by atoms with Crippen LogP contribution in [0.2, 0.25) is 5.02 Å². The van der Waals surface area contributed by atoms with Crippen LogP contribution in [0.4, 0.5) is 0 Å². The molecule has 1 aliphatic rings. The summed E-state index contributed by atoms with van der Waals surface area (Å²) in [5.41, 5.74) is 0.975. The summed E-state index contributed by atoms with van der Waals surface area (Å²) in [5, 5.41) is 4.23. The zero-order chi connectivity index (χ0) is 15.3. The van der Waals surface area contributed by atoms with Gasteiger partial charge < -0.3 is 14.8 Å². The first-order valence-corrected chi connectivity index (χ1v) is 8.61. The van der Waals surface area contributed by atoms with Crippen LogP contribution in [0.25, 0.3) is 0 Å². The molecule has 0 aromatic heterocycles. The molecule has 1 unspecified atom stereocenters. The van der Waals surface area contributed by atoms with E-state index in [2.05, 4.69) is 34.2 Å². The molecule has 21 heavy (non-hydrogen) atoms. The van der Waals surface area contributed by atoms with Gasteiger partial charge in [0, 0.05) is 48.2 Å². The highest BCUT2D eigenvalue weighted by atomic mass is 79.9. The average molecular weight is 377 g/mol. The Morgan fingerprint density at radius 1 is 1.43 bits per heavy atom. The fourth-order valence-corrected chi connectivity index (χ4v) is 3.81. The van der Waals surface area contributed by atoms with Gasteiger partial charge in [-0.15, -0.1) is 0 Å². The first-order chi connectivity index (χ1) is 10.1. The Bertz CT molecular complexity index is 458. The summed E-state index contributed by atoms with van der Waals surface area (Å²) < 4.78 is 12.7. The zero-order valence-corrected chi connectivity index (χ0v) is 15.0. The van der Waals surface area contributed by atoms with Gasteiger partial charge in [-0.1, -0.05) is 33.6 Å². The van der Waals surface area contributed by atoms with Crippen molar-refractivity contribution >= 4 is 27.5 Å². The van der Waals surface area contributed by atoms with Gasteiger partial charge in [0.05, 0.1) is 5.60 Å². The molecule has 0 saturated carbocycles. The van der Waals surface area contributed by atoms with Gasteiger partial charge in [0.25, 0.3) is 0 Å². The van der Waals surface area contributed by atoms with Crippen molar-refractivity contribution in [1.82, 2.24) is 5.32 Å². The van der Waals surface area contributed by atoms with Crippen LogP contribution in [-0.2, 0) is 15.9 Å². The maximum absolute atomic E-state index is 6.37. The molecule has 1 aromatic carbocycles. The van der Waals surface area contributed by atoms with Crippen molar-refractivity contribution in [3.8, 4) is 0 Å². The second kappa shape index (κ2) is 7.93. The van der Waals surface area contributed by atoms with Gasteiger partial charge in [0.2, 0.25) is 0 Å². The molecule has 1 atom stereocenters. The number of likely N-dealkylation sites (N-methyl/N-ethyl adjacent to an activating group) is 1. The summed E-state index contributed by atoms with van der Waals surface area (Å²) >= 11 is 9.82. The van der Waals surface area contributed by atoms with Gasteiger partial charge in [0.1, 0.15) is 0 Å². The lowest BCUT2D eigenvalue weighted by Gasteiger charge is -2.43. The van der Waals surface area contributed by atoms with Crippen LogP contribution >= 0.6 is 27.5 Å². The van der Waals surface area contributed by atoms with Crippen molar-refractivity contribution in [2.24, 2.45) is 0 Å². The van der Waals surface area contributed by atoms with Crippen LogP contribution in [0.3, 0.4) is 0 Å². The predicted molar refractivity (Wildman–Crippen MR) is 90.1 cm³/mol. The summed E-state index contributed by atoms with van der Waals surface area (Å²) in [5.74, 6) is 0. The lowest BCUT2D eigenvalue weighted by atomic mass is 9.82. The van der Waals surface area contributed by atoms with E-state index in [1.807, 2.05) is 19.2 Å². The third kappa shape index (κ3) is 4.20. The van der Waals surface area contributed by atoms with Crippen LogP contribution in [0.5, 0.6) is 0 Å². The van der Waals surface area contributed by atoms with Crippen molar-refractivity contribution in [3.05, 3.63) is 33.3 Å². The summed E-state index contributed by atoms with van der Waals surface area (Å²) in [6.07, 6.45) is 2.68. The molecule has 1 N–H and O–H groups in total. The highest BCUT2D eigenvalue weighted by Crippen LogP contribution is 2.32. The van der Waals surface area contributed by atoms with Crippen molar-refractivity contribution in [1.29, 1.82) is 0 Å². The van der Waals surface area contributed by atoms with Crippen LogP contribution < -0.4 is 5.32 Å². The van der Waals surface area contributed by atoms with E-state index >= 15 is 0 Å². The van der Waals surface area contributed by atoms with Crippen LogP contribution in [0.15, 0.2) is 22.7 Å². The van der Waals surface area contributed by atoms with E-state index in [1.54, 1.807) is 0 Å². The number of nitrogens with one attached hydrogen (secondary N) is 1. The van der Waals surface area contributed by atoms with Crippen LogP contribution in [-0.4, -0.2) is 38.5 Å². The van der Waals surface area contributed by atoms with E-state index in [0.29, 0.717) is 6.61 Å². The molecule has 1 heterocycles. The van der Waals surface area contributed by atoms with E-state index in [0.717, 1.165) is 47.5 Å². The van der Waals surface area contributed by atoms with Crippen molar-refractivity contribution < 1.29 is 9.47 Å². The van der Waals surface area contributed by atoms with Gasteiger partial charge in [-0.2, -0.15) is 0 Å². The summed E-state index contributed by atoms with van der Waals surface area (Å²) in [6.45, 7) is 4.28. The predicted octanol–water partition coefficient (Wildman–Crippen LogP) is 3.82. The summed E-state index contributed by atoms with van der Waals surface area (Å²) in [6, 6.07) is 6.28. The summed E-state index contributed by atoms with van der Waals surface area (Å²) in [7, 11) is 1.99. The summed E-state index contributed by atoms with van der Waals surface area (Å²) in [4.78, 5) is 0. The SMILES string of the molecule is CCOC1(C(Cc2ccc(Br)cc2Cl)NC)CCOCC1. The molecule has 0 radical (unpaired) electrons. The van der Waals surface area contributed by atoms with E-state index in [9.17, 15) is 0 Å². The third-order valence-electron chi connectivity index (χ3n) is 4.19. The largest absolute Gasteiger partial charge is 0.381 e. The van der Waals surface area contributed by atoms with Gasteiger partial charge >= 0.3 is 0 Å². The molecule has 0 spiro atoms. The lowest BCUT2D eigenvalue weighted by Crippen LogP contribution is -2.55. The van der Waals surface area contributed by atoms with Crippen LogP contribution in [0.1, 0.15) is 25.3 Å². The Balaban J connectivity index is 2.20. The van der Waals surface area contributed by atoms with Gasteiger partial charge in [-0.25, -0.2) is 0 Å². The number of rotatable bonds is 6. The molecule has 2 rings (SSSR count). The Morgan fingerprint density at radius 3 is 2.71 bits per heavy atom. The topological polar surface area (TPSA) is 30.5 Å². The highest BCUT2D eigenvalue weighted by molar-refractivity contribution is 9.10. The fourth-order valence-electron chi connectivity index (χ4n) is 3.06. The minimum Gasteiger partial charge on any atom is -0.381 e. The van der Waals surface area contributed by atoms with Crippen LogP contribution in [0, 0.1) is 0 Å². The van der Waals surface area contributed by atoms with Gasteiger partial charge in [-0.05, 0) is 38.1 Å². The first-order valence-electron chi connectivity index (χ1n) is 7.44. The fraction of sp³-hybridized carbons (Fsp3) is 0.625. The molecule has 0 bridgehead atoms. The zero-order valence-electron chi connectivity index (χ0n) is 12.6. The molecule has 0 amide bonds. The van der Waals surface area contributed by atoms with Gasteiger partial charge in [-0.3, -0.25) is 0 Å². The molecule has 5 heteroatoms. The normalized spacial score (nSPS) is 19.4. The molecule has 1 aromatic rings. The molecule has 1 fully saturated rings. The molecule has 0 aliphatic carbocycles. The Kier molecular flexibility index (Phi) is 6.51.